The average Bonchev–Trinajstić information content (AvgIpc) is 2.84. The first kappa shape index (κ1) is 11.9. The lowest BCUT2D eigenvalue weighted by Gasteiger charge is -2.16. The van der Waals surface area contributed by atoms with Gasteiger partial charge < -0.3 is 15.5 Å². The number of carbonyl (C=O) groups excluding carboxylic acids is 1. The minimum atomic E-state index is 0.180. The van der Waals surface area contributed by atoms with E-state index < -0.39 is 0 Å². The molecule has 92 valence electrons. The van der Waals surface area contributed by atoms with E-state index in [1.165, 1.54) is 13.0 Å². The van der Waals surface area contributed by atoms with Crippen molar-refractivity contribution in [3.05, 3.63) is 0 Å². The third-order valence-electron chi connectivity index (χ3n) is 3.91. The molecule has 3 atom stereocenters. The fourth-order valence-corrected chi connectivity index (χ4v) is 2.73. The molecule has 2 rings (SSSR count). The highest BCUT2D eigenvalue weighted by Gasteiger charge is 2.30. The van der Waals surface area contributed by atoms with Gasteiger partial charge in [0.1, 0.15) is 0 Å². The molecule has 1 unspecified atom stereocenters. The smallest absolute Gasteiger partial charge is 0.224 e. The number of hydrogen-bond acceptors (Lipinski definition) is 3. The van der Waals surface area contributed by atoms with Crippen LogP contribution in [0.15, 0.2) is 0 Å². The van der Waals surface area contributed by atoms with E-state index in [0.29, 0.717) is 11.8 Å². The van der Waals surface area contributed by atoms with Gasteiger partial charge in [0, 0.05) is 19.6 Å². The molecule has 2 aliphatic heterocycles. The van der Waals surface area contributed by atoms with Gasteiger partial charge in [0.25, 0.3) is 0 Å². The largest absolute Gasteiger partial charge is 0.355 e. The SMILES string of the molecule is C[C@@H]1CNC[C@H]1C(=O)NCC1CCN(C)C1. The van der Waals surface area contributed by atoms with Crippen molar-refractivity contribution in [1.29, 1.82) is 0 Å². The van der Waals surface area contributed by atoms with Gasteiger partial charge in [-0.05, 0) is 38.4 Å². The van der Waals surface area contributed by atoms with E-state index in [1.54, 1.807) is 0 Å². The van der Waals surface area contributed by atoms with Gasteiger partial charge in [0.2, 0.25) is 5.91 Å². The lowest BCUT2D eigenvalue weighted by Crippen LogP contribution is -2.37. The van der Waals surface area contributed by atoms with Crippen molar-refractivity contribution in [2.24, 2.45) is 17.8 Å². The standard InChI is InChI=1S/C12H23N3O/c1-9-5-13-7-11(9)12(16)14-6-10-3-4-15(2)8-10/h9-11,13H,3-8H2,1-2H3,(H,14,16)/t9-,10?,11-/m1/s1. The molecule has 1 amide bonds. The quantitative estimate of drug-likeness (QED) is 0.705. The van der Waals surface area contributed by atoms with Gasteiger partial charge in [-0.3, -0.25) is 4.79 Å². The predicted octanol–water partition coefficient (Wildman–Crippen LogP) is -0.0902. The number of hydrogen-bond donors (Lipinski definition) is 2. The van der Waals surface area contributed by atoms with Gasteiger partial charge in [-0.2, -0.15) is 0 Å². The van der Waals surface area contributed by atoms with Crippen LogP contribution < -0.4 is 10.6 Å². The molecule has 4 nitrogen and oxygen atoms in total. The summed E-state index contributed by atoms with van der Waals surface area (Å²) in [7, 11) is 2.14. The summed E-state index contributed by atoms with van der Waals surface area (Å²) in [6.07, 6.45) is 1.22. The third-order valence-corrected chi connectivity index (χ3v) is 3.91. The highest BCUT2D eigenvalue weighted by molar-refractivity contribution is 5.79. The first-order chi connectivity index (χ1) is 7.66. The molecule has 2 heterocycles. The van der Waals surface area contributed by atoms with Crippen LogP contribution >= 0.6 is 0 Å². The molecule has 0 radical (unpaired) electrons. The van der Waals surface area contributed by atoms with Crippen LogP contribution in [0.25, 0.3) is 0 Å². The van der Waals surface area contributed by atoms with Gasteiger partial charge in [-0.1, -0.05) is 6.92 Å². The van der Waals surface area contributed by atoms with Crippen LogP contribution in [0.4, 0.5) is 0 Å². The van der Waals surface area contributed by atoms with Crippen molar-refractivity contribution >= 4 is 5.91 Å². The van der Waals surface area contributed by atoms with Gasteiger partial charge in [0.15, 0.2) is 0 Å². The highest BCUT2D eigenvalue weighted by atomic mass is 16.1. The molecule has 0 aliphatic carbocycles. The van der Waals surface area contributed by atoms with E-state index in [1.807, 2.05) is 0 Å². The van der Waals surface area contributed by atoms with Crippen molar-refractivity contribution in [3.8, 4) is 0 Å². The minimum absolute atomic E-state index is 0.180. The summed E-state index contributed by atoms with van der Waals surface area (Å²) in [5, 5.41) is 6.38. The van der Waals surface area contributed by atoms with Crippen LogP contribution in [0.5, 0.6) is 0 Å². The fraction of sp³-hybridized carbons (Fsp3) is 0.917. The van der Waals surface area contributed by atoms with E-state index >= 15 is 0 Å². The molecule has 2 aliphatic rings. The number of likely N-dealkylation sites (tertiary alicyclic amines) is 1. The van der Waals surface area contributed by atoms with Crippen molar-refractivity contribution < 1.29 is 4.79 Å². The highest BCUT2D eigenvalue weighted by Crippen LogP contribution is 2.17. The number of rotatable bonds is 3. The van der Waals surface area contributed by atoms with Gasteiger partial charge in [-0.25, -0.2) is 0 Å². The van der Waals surface area contributed by atoms with Crippen LogP contribution in [-0.2, 0) is 4.79 Å². The summed E-state index contributed by atoms with van der Waals surface area (Å²) in [5.74, 6) is 1.55. The molecule has 2 fully saturated rings. The van der Waals surface area contributed by atoms with Crippen LogP contribution in [0.2, 0.25) is 0 Å². The van der Waals surface area contributed by atoms with Crippen molar-refractivity contribution in [2.45, 2.75) is 13.3 Å². The monoisotopic (exact) mass is 225 g/mol. The number of amides is 1. The average molecular weight is 225 g/mol. The first-order valence-corrected chi connectivity index (χ1v) is 6.34. The summed E-state index contributed by atoms with van der Waals surface area (Å²) in [6, 6.07) is 0. The molecule has 4 heteroatoms. The Morgan fingerprint density at radius 2 is 2.31 bits per heavy atom. The van der Waals surface area contributed by atoms with Crippen LogP contribution in [0, 0.1) is 17.8 Å². The molecule has 0 aromatic rings. The second kappa shape index (κ2) is 5.15. The summed E-state index contributed by atoms with van der Waals surface area (Å²) in [5.41, 5.74) is 0. The normalized spacial score (nSPS) is 35.5. The van der Waals surface area contributed by atoms with Gasteiger partial charge in [-0.15, -0.1) is 0 Å². The maximum atomic E-state index is 11.9. The van der Waals surface area contributed by atoms with E-state index in [9.17, 15) is 4.79 Å². The lowest BCUT2D eigenvalue weighted by molar-refractivity contribution is -0.125. The summed E-state index contributed by atoms with van der Waals surface area (Å²) in [4.78, 5) is 14.3. The summed E-state index contributed by atoms with van der Waals surface area (Å²) in [6.45, 7) is 7.11. The number of carbonyl (C=O) groups is 1. The van der Waals surface area contributed by atoms with E-state index in [0.717, 1.165) is 26.2 Å². The Bertz CT molecular complexity index is 257. The molecule has 16 heavy (non-hydrogen) atoms. The molecule has 0 aromatic heterocycles. The molecule has 0 saturated carbocycles. The van der Waals surface area contributed by atoms with Crippen LogP contribution in [-0.4, -0.2) is 50.6 Å². The van der Waals surface area contributed by atoms with Gasteiger partial charge in [0.05, 0.1) is 5.92 Å². The third kappa shape index (κ3) is 2.74. The molecule has 2 N–H and O–H groups in total. The van der Waals surface area contributed by atoms with Crippen molar-refractivity contribution in [3.63, 3.8) is 0 Å². The molecule has 0 spiro atoms. The summed E-state index contributed by atoms with van der Waals surface area (Å²) < 4.78 is 0. The molecule has 0 bridgehead atoms. The number of nitrogens with zero attached hydrogens (tertiary/aromatic N) is 1. The maximum Gasteiger partial charge on any atom is 0.224 e. The van der Waals surface area contributed by atoms with Crippen LogP contribution in [0.1, 0.15) is 13.3 Å². The molecular weight excluding hydrogens is 202 g/mol. The maximum absolute atomic E-state index is 11.9. The minimum Gasteiger partial charge on any atom is -0.355 e. The van der Waals surface area contributed by atoms with E-state index in [-0.39, 0.29) is 11.8 Å². The molecule has 0 aromatic carbocycles. The first-order valence-electron chi connectivity index (χ1n) is 6.34. The Labute approximate surface area is 97.8 Å². The van der Waals surface area contributed by atoms with E-state index in [4.69, 9.17) is 0 Å². The number of nitrogens with one attached hydrogen (secondary N) is 2. The van der Waals surface area contributed by atoms with Crippen molar-refractivity contribution in [1.82, 2.24) is 15.5 Å². The topological polar surface area (TPSA) is 44.4 Å². The van der Waals surface area contributed by atoms with E-state index in [2.05, 4.69) is 29.5 Å². The predicted molar refractivity (Wildman–Crippen MR) is 64.1 cm³/mol. The Kier molecular flexibility index (Phi) is 3.82. The van der Waals surface area contributed by atoms with Crippen molar-refractivity contribution in [2.75, 3.05) is 39.8 Å². The fourth-order valence-electron chi connectivity index (χ4n) is 2.73. The molecular formula is C12H23N3O. The summed E-state index contributed by atoms with van der Waals surface area (Å²) >= 11 is 0. The second-order valence-electron chi connectivity index (χ2n) is 5.40. The Morgan fingerprint density at radius 3 is 2.88 bits per heavy atom. The Hall–Kier alpha value is -0.610. The lowest BCUT2D eigenvalue weighted by atomic mass is 9.97. The van der Waals surface area contributed by atoms with Gasteiger partial charge >= 0.3 is 0 Å². The molecule has 2 saturated heterocycles. The zero-order valence-electron chi connectivity index (χ0n) is 10.3. The second-order valence-corrected chi connectivity index (χ2v) is 5.40. The Balaban J connectivity index is 1.71. The Morgan fingerprint density at radius 1 is 1.50 bits per heavy atom. The van der Waals surface area contributed by atoms with Crippen LogP contribution in [0.3, 0.4) is 0 Å². The zero-order chi connectivity index (χ0) is 11.5. The zero-order valence-corrected chi connectivity index (χ0v) is 10.3.